The molecule has 1 N–H and O–H groups in total. The molecule has 118 valence electrons. The van der Waals surface area contributed by atoms with E-state index in [2.05, 4.69) is 22.4 Å². The van der Waals surface area contributed by atoms with Crippen molar-refractivity contribution in [3.8, 4) is 0 Å². The van der Waals surface area contributed by atoms with E-state index >= 15 is 0 Å². The molecular weight excluding hydrogens is 304 g/mol. The molecule has 0 amide bonds. The van der Waals surface area contributed by atoms with Crippen LogP contribution < -0.4 is 5.32 Å². The number of hydrogen-bond acceptors (Lipinski definition) is 2. The maximum absolute atomic E-state index is 6.63. The second-order valence-electron chi connectivity index (χ2n) is 5.80. The van der Waals surface area contributed by atoms with Gasteiger partial charge >= 0.3 is 0 Å². The van der Waals surface area contributed by atoms with Crippen molar-refractivity contribution in [2.45, 2.75) is 19.3 Å². The monoisotopic (exact) mass is 324 g/mol. The average Bonchev–Trinajstić information content (AvgIpc) is 2.61. The number of aliphatic imine (C=N–C) groups is 1. The van der Waals surface area contributed by atoms with Crippen LogP contribution in [-0.4, -0.2) is 12.8 Å². The zero-order valence-electron chi connectivity index (χ0n) is 13.1. The third-order valence-corrected chi connectivity index (χ3v) is 4.67. The summed E-state index contributed by atoms with van der Waals surface area (Å²) < 4.78 is 0. The maximum Gasteiger partial charge on any atom is 0.0629 e. The fourth-order valence-corrected chi connectivity index (χ4v) is 3.16. The SMILES string of the molecule is ClC1=C(/C=N/c2ccccc2)CCCC1CNc1ccccc1. The third-order valence-electron chi connectivity index (χ3n) is 4.12. The summed E-state index contributed by atoms with van der Waals surface area (Å²) in [6.45, 7) is 0.867. The summed E-state index contributed by atoms with van der Waals surface area (Å²) in [5.74, 6) is 0.364. The van der Waals surface area contributed by atoms with Gasteiger partial charge in [-0.15, -0.1) is 0 Å². The molecule has 1 aliphatic carbocycles. The first-order valence-corrected chi connectivity index (χ1v) is 8.47. The largest absolute Gasteiger partial charge is 0.384 e. The van der Waals surface area contributed by atoms with Crippen molar-refractivity contribution in [3.63, 3.8) is 0 Å². The maximum atomic E-state index is 6.63. The first-order valence-electron chi connectivity index (χ1n) is 8.09. The lowest BCUT2D eigenvalue weighted by molar-refractivity contribution is 0.547. The van der Waals surface area contributed by atoms with Crippen LogP contribution in [0.2, 0.25) is 0 Å². The summed E-state index contributed by atoms with van der Waals surface area (Å²) in [6, 6.07) is 20.3. The van der Waals surface area contributed by atoms with Crippen molar-refractivity contribution in [3.05, 3.63) is 71.3 Å². The average molecular weight is 325 g/mol. The minimum atomic E-state index is 0.364. The topological polar surface area (TPSA) is 24.4 Å². The van der Waals surface area contributed by atoms with Crippen LogP contribution in [0.1, 0.15) is 19.3 Å². The molecule has 23 heavy (non-hydrogen) atoms. The van der Waals surface area contributed by atoms with Crippen LogP contribution in [-0.2, 0) is 0 Å². The minimum absolute atomic E-state index is 0.364. The van der Waals surface area contributed by atoms with Gasteiger partial charge in [0.25, 0.3) is 0 Å². The van der Waals surface area contributed by atoms with Crippen molar-refractivity contribution < 1.29 is 0 Å². The van der Waals surface area contributed by atoms with Crippen molar-refractivity contribution >= 4 is 29.2 Å². The zero-order valence-corrected chi connectivity index (χ0v) is 13.8. The Hall–Kier alpha value is -2.06. The van der Waals surface area contributed by atoms with Gasteiger partial charge in [-0.25, -0.2) is 0 Å². The lowest BCUT2D eigenvalue weighted by Gasteiger charge is -2.24. The molecule has 0 heterocycles. The second kappa shape index (κ2) is 7.98. The highest BCUT2D eigenvalue weighted by Gasteiger charge is 2.20. The summed E-state index contributed by atoms with van der Waals surface area (Å²) in [7, 11) is 0. The Bertz CT molecular complexity index is 677. The summed E-state index contributed by atoms with van der Waals surface area (Å²) in [6.07, 6.45) is 5.23. The Morgan fingerprint density at radius 1 is 1.04 bits per heavy atom. The van der Waals surface area contributed by atoms with Crippen molar-refractivity contribution in [1.29, 1.82) is 0 Å². The van der Waals surface area contributed by atoms with Crippen LogP contribution in [0.25, 0.3) is 0 Å². The Labute approximate surface area is 142 Å². The fourth-order valence-electron chi connectivity index (χ4n) is 2.83. The molecule has 0 fully saturated rings. The first-order chi connectivity index (χ1) is 11.3. The molecule has 2 aromatic rings. The van der Waals surface area contributed by atoms with E-state index in [1.807, 2.05) is 54.7 Å². The summed E-state index contributed by atoms with van der Waals surface area (Å²) >= 11 is 6.63. The van der Waals surface area contributed by atoms with Crippen molar-refractivity contribution in [1.82, 2.24) is 0 Å². The van der Waals surface area contributed by atoms with Crippen LogP contribution in [0.5, 0.6) is 0 Å². The van der Waals surface area contributed by atoms with E-state index in [4.69, 9.17) is 11.6 Å². The number of allylic oxidation sites excluding steroid dienone is 1. The molecule has 2 aromatic carbocycles. The van der Waals surface area contributed by atoms with E-state index in [-0.39, 0.29) is 0 Å². The quantitative estimate of drug-likeness (QED) is 0.691. The van der Waals surface area contributed by atoms with Gasteiger partial charge in [-0.05, 0) is 49.1 Å². The highest BCUT2D eigenvalue weighted by atomic mass is 35.5. The number of para-hydroxylation sites is 2. The summed E-state index contributed by atoms with van der Waals surface area (Å²) in [5, 5.41) is 4.43. The number of nitrogens with zero attached hydrogens (tertiary/aromatic N) is 1. The Balaban J connectivity index is 1.66. The first kappa shape index (κ1) is 15.8. The zero-order chi connectivity index (χ0) is 15.9. The van der Waals surface area contributed by atoms with E-state index in [0.717, 1.165) is 42.2 Å². The molecule has 0 saturated heterocycles. The van der Waals surface area contributed by atoms with Crippen LogP contribution in [0, 0.1) is 5.92 Å². The molecule has 3 heteroatoms. The molecule has 2 nitrogen and oxygen atoms in total. The molecule has 1 unspecified atom stereocenters. The highest BCUT2D eigenvalue weighted by molar-refractivity contribution is 6.31. The van der Waals surface area contributed by atoms with Gasteiger partial charge in [-0.3, -0.25) is 4.99 Å². The summed E-state index contributed by atoms with van der Waals surface area (Å²) in [5.41, 5.74) is 3.28. The van der Waals surface area contributed by atoms with E-state index < -0.39 is 0 Å². The third kappa shape index (κ3) is 4.46. The van der Waals surface area contributed by atoms with Crippen molar-refractivity contribution in [2.75, 3.05) is 11.9 Å². The van der Waals surface area contributed by atoms with Gasteiger partial charge in [0.1, 0.15) is 0 Å². The number of nitrogens with one attached hydrogen (secondary N) is 1. The molecule has 0 aromatic heterocycles. The van der Waals surface area contributed by atoms with E-state index in [0.29, 0.717) is 5.92 Å². The Kier molecular flexibility index (Phi) is 5.49. The molecule has 0 bridgehead atoms. The molecular formula is C20H21ClN2. The predicted molar refractivity (Wildman–Crippen MR) is 99.7 cm³/mol. The molecule has 0 aliphatic heterocycles. The van der Waals surface area contributed by atoms with Gasteiger partial charge in [0.05, 0.1) is 5.69 Å². The van der Waals surface area contributed by atoms with Crippen LogP contribution in [0.4, 0.5) is 11.4 Å². The molecule has 0 spiro atoms. The van der Waals surface area contributed by atoms with E-state index in [1.165, 1.54) is 5.57 Å². The van der Waals surface area contributed by atoms with Gasteiger partial charge < -0.3 is 5.32 Å². The van der Waals surface area contributed by atoms with Gasteiger partial charge in [0.15, 0.2) is 0 Å². The second-order valence-corrected chi connectivity index (χ2v) is 6.21. The van der Waals surface area contributed by atoms with Crippen LogP contribution in [0.3, 0.4) is 0 Å². The molecule has 3 rings (SSSR count). The minimum Gasteiger partial charge on any atom is -0.384 e. The predicted octanol–water partition coefficient (Wildman–Crippen LogP) is 5.79. The molecule has 0 saturated carbocycles. The number of anilines is 1. The van der Waals surface area contributed by atoms with Gasteiger partial charge in [0.2, 0.25) is 0 Å². The van der Waals surface area contributed by atoms with Crippen LogP contribution in [0.15, 0.2) is 76.3 Å². The van der Waals surface area contributed by atoms with Gasteiger partial charge in [-0.1, -0.05) is 48.0 Å². The standard InChI is InChI=1S/C20H21ClN2/c21-20-16(14-22-18-10-3-1-4-11-18)8-7-9-17(20)15-23-19-12-5-2-6-13-19/h1-6,10-14,17,23H,7-9,15H2/b22-14+. The van der Waals surface area contributed by atoms with E-state index in [9.17, 15) is 0 Å². The fraction of sp³-hybridized carbons (Fsp3) is 0.250. The molecule has 1 atom stereocenters. The smallest absolute Gasteiger partial charge is 0.0629 e. The lowest BCUT2D eigenvalue weighted by Crippen LogP contribution is -2.19. The lowest BCUT2D eigenvalue weighted by atomic mass is 9.90. The Morgan fingerprint density at radius 3 is 2.48 bits per heavy atom. The summed E-state index contributed by atoms with van der Waals surface area (Å²) in [4.78, 5) is 4.55. The number of halogens is 1. The van der Waals surface area contributed by atoms with E-state index in [1.54, 1.807) is 0 Å². The Morgan fingerprint density at radius 2 is 1.74 bits per heavy atom. The highest BCUT2D eigenvalue weighted by Crippen LogP contribution is 2.32. The van der Waals surface area contributed by atoms with Gasteiger partial charge in [-0.2, -0.15) is 0 Å². The van der Waals surface area contributed by atoms with Gasteiger partial charge in [0, 0.05) is 29.4 Å². The van der Waals surface area contributed by atoms with Crippen LogP contribution >= 0.6 is 11.6 Å². The normalized spacial score (nSPS) is 18.4. The van der Waals surface area contributed by atoms with Crippen molar-refractivity contribution in [2.24, 2.45) is 10.9 Å². The molecule has 1 aliphatic rings. The number of hydrogen-bond donors (Lipinski definition) is 1. The number of rotatable bonds is 5. The number of benzene rings is 2. The molecule has 0 radical (unpaired) electrons.